The van der Waals surface area contributed by atoms with Gasteiger partial charge in [0.15, 0.2) is 5.82 Å². The summed E-state index contributed by atoms with van der Waals surface area (Å²) < 4.78 is 2.30. The van der Waals surface area contributed by atoms with Gasteiger partial charge in [0.1, 0.15) is 11.3 Å². The monoisotopic (exact) mass is 430 g/mol. The van der Waals surface area contributed by atoms with E-state index in [-0.39, 0.29) is 5.91 Å². The van der Waals surface area contributed by atoms with E-state index < -0.39 is 0 Å². The minimum absolute atomic E-state index is 0.0983. The Bertz CT molecular complexity index is 1250. The quantitative estimate of drug-likeness (QED) is 0.271. The van der Waals surface area contributed by atoms with Gasteiger partial charge in [-0.1, -0.05) is 37.6 Å². The first kappa shape index (κ1) is 21.6. The van der Waals surface area contributed by atoms with Crippen LogP contribution >= 0.6 is 0 Å². The number of benzene rings is 2. The number of nitrogens with two attached hydrogens (primary N) is 2. The lowest BCUT2D eigenvalue weighted by molar-refractivity contribution is 0.0953. The number of aryl methyl sites for hydroxylation is 2. The molecule has 0 saturated carbocycles. The molecule has 1 amide bonds. The molecule has 32 heavy (non-hydrogen) atoms. The number of nitrogens with one attached hydrogen (secondary N) is 1. The van der Waals surface area contributed by atoms with Gasteiger partial charge in [-0.2, -0.15) is 0 Å². The van der Waals surface area contributed by atoms with Crippen molar-refractivity contribution in [3.8, 4) is 0 Å². The van der Waals surface area contributed by atoms with Crippen LogP contribution in [0.1, 0.15) is 48.8 Å². The Morgan fingerprint density at radius 1 is 1.03 bits per heavy atom. The van der Waals surface area contributed by atoms with Crippen LogP contribution in [0, 0.1) is 0 Å². The summed E-state index contributed by atoms with van der Waals surface area (Å²) in [4.78, 5) is 21.7. The number of aromatic nitrogens is 3. The van der Waals surface area contributed by atoms with Crippen LogP contribution in [0.25, 0.3) is 21.9 Å². The van der Waals surface area contributed by atoms with E-state index in [0.29, 0.717) is 23.6 Å². The highest BCUT2D eigenvalue weighted by Gasteiger charge is 2.16. The SMILES string of the molecule is CCCCc1nc2c(N)nc3ccccc3c2n1CCCCNC(=O)c1cccc(N)c1. The van der Waals surface area contributed by atoms with Crippen molar-refractivity contribution in [1.82, 2.24) is 19.9 Å². The van der Waals surface area contributed by atoms with Gasteiger partial charge in [-0.3, -0.25) is 4.79 Å². The molecule has 0 spiro atoms. The van der Waals surface area contributed by atoms with Gasteiger partial charge in [0.2, 0.25) is 0 Å². The predicted octanol–water partition coefficient (Wildman–Crippen LogP) is 4.30. The molecule has 7 nitrogen and oxygen atoms in total. The number of anilines is 2. The number of carbonyl (C=O) groups is 1. The van der Waals surface area contributed by atoms with Gasteiger partial charge in [-0.05, 0) is 43.5 Å². The van der Waals surface area contributed by atoms with Gasteiger partial charge in [0, 0.05) is 36.1 Å². The average molecular weight is 431 g/mol. The van der Waals surface area contributed by atoms with Crippen molar-refractivity contribution in [2.75, 3.05) is 18.0 Å². The van der Waals surface area contributed by atoms with E-state index in [1.807, 2.05) is 18.2 Å². The van der Waals surface area contributed by atoms with Crippen molar-refractivity contribution in [1.29, 1.82) is 0 Å². The summed E-state index contributed by atoms with van der Waals surface area (Å²) in [6.07, 6.45) is 4.86. The summed E-state index contributed by atoms with van der Waals surface area (Å²) in [5.74, 6) is 1.43. The second kappa shape index (κ2) is 9.68. The first-order valence-electron chi connectivity index (χ1n) is 11.3. The number of rotatable bonds is 9. The van der Waals surface area contributed by atoms with Crippen molar-refractivity contribution < 1.29 is 4.79 Å². The van der Waals surface area contributed by atoms with Crippen LogP contribution in [0.3, 0.4) is 0 Å². The molecular formula is C25H30N6O. The molecule has 0 atom stereocenters. The lowest BCUT2D eigenvalue weighted by atomic mass is 10.1. The van der Waals surface area contributed by atoms with Crippen LogP contribution in [0.5, 0.6) is 0 Å². The van der Waals surface area contributed by atoms with Crippen molar-refractivity contribution in [3.63, 3.8) is 0 Å². The molecule has 0 aliphatic heterocycles. The zero-order valence-corrected chi connectivity index (χ0v) is 18.5. The van der Waals surface area contributed by atoms with Crippen molar-refractivity contribution >= 4 is 39.3 Å². The molecule has 5 N–H and O–H groups in total. The Morgan fingerprint density at radius 3 is 2.69 bits per heavy atom. The summed E-state index contributed by atoms with van der Waals surface area (Å²) >= 11 is 0. The Morgan fingerprint density at radius 2 is 1.88 bits per heavy atom. The molecule has 2 aromatic carbocycles. The van der Waals surface area contributed by atoms with Crippen LogP contribution in [0.2, 0.25) is 0 Å². The number of unbranched alkanes of at least 4 members (excludes halogenated alkanes) is 2. The maximum Gasteiger partial charge on any atom is 0.251 e. The molecular weight excluding hydrogens is 400 g/mol. The maximum absolute atomic E-state index is 12.3. The molecule has 0 aliphatic rings. The zero-order valence-electron chi connectivity index (χ0n) is 18.5. The second-order valence-corrected chi connectivity index (χ2v) is 8.08. The van der Waals surface area contributed by atoms with E-state index in [9.17, 15) is 4.79 Å². The van der Waals surface area contributed by atoms with E-state index in [0.717, 1.165) is 66.4 Å². The largest absolute Gasteiger partial charge is 0.399 e. The molecule has 0 radical (unpaired) electrons. The number of fused-ring (bicyclic) bond motifs is 3. The maximum atomic E-state index is 12.3. The van der Waals surface area contributed by atoms with Crippen LogP contribution in [-0.4, -0.2) is 27.0 Å². The fourth-order valence-corrected chi connectivity index (χ4v) is 4.05. The Hall–Kier alpha value is -3.61. The van der Waals surface area contributed by atoms with Gasteiger partial charge >= 0.3 is 0 Å². The normalized spacial score (nSPS) is 11.3. The molecule has 0 unspecified atom stereocenters. The Labute approximate surface area is 187 Å². The number of hydrogen-bond acceptors (Lipinski definition) is 5. The number of nitrogen functional groups attached to an aromatic ring is 2. The fourth-order valence-electron chi connectivity index (χ4n) is 4.05. The number of amides is 1. The highest BCUT2D eigenvalue weighted by atomic mass is 16.1. The van der Waals surface area contributed by atoms with Crippen LogP contribution < -0.4 is 16.8 Å². The first-order valence-corrected chi connectivity index (χ1v) is 11.3. The van der Waals surface area contributed by atoms with Crippen LogP contribution in [-0.2, 0) is 13.0 Å². The van der Waals surface area contributed by atoms with Gasteiger partial charge in [-0.15, -0.1) is 0 Å². The standard InChI is InChI=1S/C25H30N6O/c1-2-3-13-21-30-22-23(19-11-4-5-12-20(19)29-24(22)27)31(21)15-7-6-14-28-25(32)17-9-8-10-18(26)16-17/h4-5,8-12,16H,2-3,6-7,13-15,26H2,1H3,(H2,27,29)(H,28,32). The third-order valence-electron chi connectivity index (χ3n) is 5.69. The van der Waals surface area contributed by atoms with E-state index in [1.165, 1.54) is 0 Å². The van der Waals surface area contributed by atoms with Gasteiger partial charge in [0.05, 0.1) is 11.0 Å². The van der Waals surface area contributed by atoms with E-state index >= 15 is 0 Å². The summed E-state index contributed by atoms with van der Waals surface area (Å²) in [5.41, 5.74) is 15.9. The van der Waals surface area contributed by atoms with Gasteiger partial charge in [0.25, 0.3) is 5.91 Å². The van der Waals surface area contributed by atoms with E-state index in [1.54, 1.807) is 24.3 Å². The number of para-hydroxylation sites is 1. The summed E-state index contributed by atoms with van der Waals surface area (Å²) in [7, 11) is 0. The van der Waals surface area contributed by atoms with Crippen molar-refractivity contribution in [2.45, 2.75) is 45.6 Å². The minimum Gasteiger partial charge on any atom is -0.399 e. The number of pyridine rings is 1. The number of nitrogens with zero attached hydrogens (tertiary/aromatic N) is 3. The topological polar surface area (TPSA) is 112 Å². The number of imidazole rings is 1. The summed E-state index contributed by atoms with van der Waals surface area (Å²) in [6, 6.07) is 15.1. The molecule has 4 rings (SSSR count). The molecule has 2 aromatic heterocycles. The van der Waals surface area contributed by atoms with Crippen LogP contribution in [0.4, 0.5) is 11.5 Å². The molecule has 2 heterocycles. The smallest absolute Gasteiger partial charge is 0.251 e. The summed E-state index contributed by atoms with van der Waals surface area (Å²) in [5, 5.41) is 4.05. The third-order valence-corrected chi connectivity index (χ3v) is 5.69. The van der Waals surface area contributed by atoms with E-state index in [2.05, 4.69) is 27.9 Å². The van der Waals surface area contributed by atoms with Gasteiger partial charge in [-0.25, -0.2) is 9.97 Å². The lowest BCUT2D eigenvalue weighted by Gasteiger charge is -2.11. The second-order valence-electron chi connectivity index (χ2n) is 8.08. The third kappa shape index (κ3) is 4.51. The minimum atomic E-state index is -0.0983. The number of hydrogen-bond donors (Lipinski definition) is 3. The highest BCUT2D eigenvalue weighted by Crippen LogP contribution is 2.29. The Kier molecular flexibility index (Phi) is 6.54. The molecule has 0 fully saturated rings. The molecule has 0 saturated heterocycles. The number of carbonyl (C=O) groups excluding carboxylic acids is 1. The highest BCUT2D eigenvalue weighted by molar-refractivity contribution is 6.06. The average Bonchev–Trinajstić information content (AvgIpc) is 3.16. The summed E-state index contributed by atoms with van der Waals surface area (Å²) in [6.45, 7) is 3.60. The first-order chi connectivity index (χ1) is 15.6. The Balaban J connectivity index is 1.49. The van der Waals surface area contributed by atoms with Gasteiger partial charge < -0.3 is 21.4 Å². The molecule has 4 aromatic rings. The van der Waals surface area contributed by atoms with Crippen LogP contribution in [0.15, 0.2) is 48.5 Å². The predicted molar refractivity (Wildman–Crippen MR) is 130 cm³/mol. The van der Waals surface area contributed by atoms with Crippen molar-refractivity contribution in [2.24, 2.45) is 0 Å². The van der Waals surface area contributed by atoms with Crippen molar-refractivity contribution in [3.05, 3.63) is 59.9 Å². The lowest BCUT2D eigenvalue weighted by Crippen LogP contribution is -2.24. The molecule has 7 heteroatoms. The molecule has 0 aliphatic carbocycles. The fraction of sp³-hybridized carbons (Fsp3) is 0.320. The molecule has 166 valence electrons. The zero-order chi connectivity index (χ0) is 22.5. The van der Waals surface area contributed by atoms with E-state index in [4.69, 9.17) is 16.5 Å². The molecule has 0 bridgehead atoms.